The van der Waals surface area contributed by atoms with Crippen LogP contribution >= 0.6 is 0 Å². The maximum absolute atomic E-state index is 5.99. The van der Waals surface area contributed by atoms with Crippen molar-refractivity contribution in [1.82, 2.24) is 19.4 Å². The van der Waals surface area contributed by atoms with Crippen LogP contribution in [0.2, 0.25) is 0 Å². The van der Waals surface area contributed by atoms with E-state index in [0.29, 0.717) is 0 Å². The minimum Gasteiger partial charge on any atom is -0.368 e. The molecule has 1 atom stereocenters. The van der Waals surface area contributed by atoms with Crippen LogP contribution in [0.15, 0.2) is 6.20 Å². The first kappa shape index (κ1) is 15.0. The van der Waals surface area contributed by atoms with Gasteiger partial charge in [0.2, 0.25) is 0 Å². The fourth-order valence-corrected chi connectivity index (χ4v) is 3.69. The topological polar surface area (TPSA) is 33.5 Å². The minimum absolute atomic E-state index is 0.127. The van der Waals surface area contributed by atoms with E-state index in [1.807, 2.05) is 6.92 Å². The number of ether oxygens (including phenoxy) is 1. The van der Waals surface area contributed by atoms with Gasteiger partial charge >= 0.3 is 0 Å². The summed E-state index contributed by atoms with van der Waals surface area (Å²) in [6, 6.07) is 0.723. The molecule has 1 aromatic rings. The van der Waals surface area contributed by atoms with Crippen LogP contribution in [0, 0.1) is 6.92 Å². The third-order valence-corrected chi connectivity index (χ3v) is 4.94. The Labute approximate surface area is 127 Å². The zero-order valence-electron chi connectivity index (χ0n) is 13.6. The highest BCUT2D eigenvalue weighted by atomic mass is 16.5. The van der Waals surface area contributed by atoms with Crippen molar-refractivity contribution >= 4 is 0 Å². The largest absolute Gasteiger partial charge is 0.368 e. The Morgan fingerprint density at radius 2 is 2.05 bits per heavy atom. The Morgan fingerprint density at radius 3 is 2.67 bits per heavy atom. The first-order chi connectivity index (χ1) is 10.2. The number of likely N-dealkylation sites (tertiary alicyclic amines) is 1. The van der Waals surface area contributed by atoms with Crippen molar-refractivity contribution in [3.63, 3.8) is 0 Å². The van der Waals surface area contributed by atoms with Crippen LogP contribution in [0.25, 0.3) is 0 Å². The summed E-state index contributed by atoms with van der Waals surface area (Å²) in [5, 5.41) is 0. The lowest BCUT2D eigenvalue weighted by Gasteiger charge is -2.41. The Hall–Kier alpha value is -0.910. The van der Waals surface area contributed by atoms with Crippen LogP contribution in [-0.4, -0.2) is 64.7 Å². The number of aromatic nitrogens is 2. The molecule has 118 valence electrons. The van der Waals surface area contributed by atoms with Gasteiger partial charge in [-0.1, -0.05) is 6.92 Å². The van der Waals surface area contributed by atoms with Gasteiger partial charge in [0.05, 0.1) is 12.3 Å². The molecule has 1 aromatic heterocycles. The molecule has 3 heterocycles. The summed E-state index contributed by atoms with van der Waals surface area (Å²) in [6.45, 7) is 10.8. The number of piperidine rings is 1. The molecule has 0 aliphatic carbocycles. The van der Waals surface area contributed by atoms with Crippen LogP contribution in [0.1, 0.15) is 37.4 Å². The molecule has 0 amide bonds. The lowest BCUT2D eigenvalue weighted by molar-refractivity contribution is -0.0578. The smallest absolute Gasteiger partial charge is 0.139 e. The molecule has 3 rings (SSSR count). The van der Waals surface area contributed by atoms with Crippen LogP contribution < -0.4 is 0 Å². The van der Waals surface area contributed by atoms with E-state index >= 15 is 0 Å². The van der Waals surface area contributed by atoms with Gasteiger partial charge in [-0.05, 0) is 39.4 Å². The van der Waals surface area contributed by atoms with Crippen molar-refractivity contribution < 1.29 is 4.74 Å². The van der Waals surface area contributed by atoms with Gasteiger partial charge in [-0.25, -0.2) is 4.98 Å². The molecule has 0 N–H and O–H groups in total. The fourth-order valence-electron chi connectivity index (χ4n) is 3.69. The highest BCUT2D eigenvalue weighted by Crippen LogP contribution is 2.25. The van der Waals surface area contributed by atoms with Crippen LogP contribution in [0.5, 0.6) is 0 Å². The van der Waals surface area contributed by atoms with Gasteiger partial charge in [-0.3, -0.25) is 4.90 Å². The summed E-state index contributed by atoms with van der Waals surface area (Å²) >= 11 is 0. The second kappa shape index (κ2) is 6.46. The third kappa shape index (κ3) is 3.30. The number of aryl methyl sites for hydroxylation is 2. The molecule has 5 nitrogen and oxygen atoms in total. The fraction of sp³-hybridized carbons (Fsp3) is 0.812. The van der Waals surface area contributed by atoms with E-state index in [-0.39, 0.29) is 6.10 Å². The molecule has 0 spiro atoms. The molecule has 2 aliphatic rings. The number of hydrogen-bond acceptors (Lipinski definition) is 4. The maximum atomic E-state index is 5.99. The normalized spacial score (nSPS) is 26.3. The predicted octanol–water partition coefficient (Wildman–Crippen LogP) is 1.59. The lowest BCUT2D eigenvalue weighted by Crippen LogP contribution is -2.49. The Morgan fingerprint density at radius 1 is 1.29 bits per heavy atom. The van der Waals surface area contributed by atoms with Crippen LogP contribution in [0.3, 0.4) is 0 Å². The molecular weight excluding hydrogens is 264 g/mol. The van der Waals surface area contributed by atoms with E-state index in [4.69, 9.17) is 4.74 Å². The molecule has 21 heavy (non-hydrogen) atoms. The van der Waals surface area contributed by atoms with Gasteiger partial charge in [0, 0.05) is 32.4 Å². The van der Waals surface area contributed by atoms with Crippen LogP contribution in [0.4, 0.5) is 0 Å². The van der Waals surface area contributed by atoms with E-state index in [1.165, 1.54) is 32.5 Å². The molecule has 0 radical (unpaired) electrons. The van der Waals surface area contributed by atoms with Crippen LogP contribution in [-0.2, 0) is 11.8 Å². The van der Waals surface area contributed by atoms with Gasteiger partial charge in [0.1, 0.15) is 11.9 Å². The van der Waals surface area contributed by atoms with E-state index in [0.717, 1.165) is 37.3 Å². The standard InChI is InChI=1S/C16H28N4O/c1-4-19-7-5-14(6-8-19)20-9-10-21-15(12-20)16-17-13(2)11-18(16)3/h11,14-15H,4-10,12H2,1-3H3. The Bertz CT molecular complexity index is 465. The molecule has 0 bridgehead atoms. The highest BCUT2D eigenvalue weighted by Gasteiger charge is 2.31. The number of imidazole rings is 1. The number of nitrogens with zero attached hydrogens (tertiary/aromatic N) is 4. The molecule has 0 saturated carbocycles. The average molecular weight is 292 g/mol. The van der Waals surface area contributed by atoms with Crippen molar-refractivity contribution in [2.45, 2.75) is 38.8 Å². The molecule has 1 unspecified atom stereocenters. The van der Waals surface area contributed by atoms with Gasteiger partial charge in [-0.2, -0.15) is 0 Å². The van der Waals surface area contributed by atoms with Crippen molar-refractivity contribution in [2.75, 3.05) is 39.3 Å². The molecule has 0 aromatic carbocycles. The van der Waals surface area contributed by atoms with Crippen molar-refractivity contribution in [3.8, 4) is 0 Å². The molecule has 2 aliphatic heterocycles. The first-order valence-electron chi connectivity index (χ1n) is 8.25. The third-order valence-electron chi connectivity index (χ3n) is 4.94. The number of morpholine rings is 1. The monoisotopic (exact) mass is 292 g/mol. The Kier molecular flexibility index (Phi) is 4.62. The van der Waals surface area contributed by atoms with Crippen molar-refractivity contribution in [3.05, 3.63) is 17.7 Å². The van der Waals surface area contributed by atoms with Gasteiger partial charge < -0.3 is 14.2 Å². The average Bonchev–Trinajstić information content (AvgIpc) is 2.86. The quantitative estimate of drug-likeness (QED) is 0.847. The predicted molar refractivity (Wildman–Crippen MR) is 83.3 cm³/mol. The van der Waals surface area contributed by atoms with Crippen molar-refractivity contribution in [2.24, 2.45) is 7.05 Å². The zero-order valence-corrected chi connectivity index (χ0v) is 13.6. The first-order valence-corrected chi connectivity index (χ1v) is 8.25. The molecule has 2 saturated heterocycles. The van der Waals surface area contributed by atoms with Gasteiger partial charge in [0.15, 0.2) is 0 Å². The number of hydrogen-bond donors (Lipinski definition) is 0. The summed E-state index contributed by atoms with van der Waals surface area (Å²) < 4.78 is 8.10. The highest BCUT2D eigenvalue weighted by molar-refractivity contribution is 5.05. The second-order valence-corrected chi connectivity index (χ2v) is 6.37. The van der Waals surface area contributed by atoms with E-state index in [2.05, 4.69) is 39.5 Å². The lowest BCUT2D eigenvalue weighted by atomic mass is 10.0. The second-order valence-electron chi connectivity index (χ2n) is 6.37. The summed E-state index contributed by atoms with van der Waals surface area (Å²) in [5.41, 5.74) is 1.07. The Balaban J connectivity index is 1.62. The van der Waals surface area contributed by atoms with Gasteiger partial charge in [0.25, 0.3) is 0 Å². The summed E-state index contributed by atoms with van der Waals surface area (Å²) in [6.07, 6.45) is 4.79. The molecule has 2 fully saturated rings. The van der Waals surface area contributed by atoms with E-state index in [1.54, 1.807) is 0 Å². The summed E-state index contributed by atoms with van der Waals surface area (Å²) in [7, 11) is 2.07. The summed E-state index contributed by atoms with van der Waals surface area (Å²) in [4.78, 5) is 9.82. The zero-order chi connectivity index (χ0) is 14.8. The van der Waals surface area contributed by atoms with Crippen molar-refractivity contribution in [1.29, 1.82) is 0 Å². The maximum Gasteiger partial charge on any atom is 0.139 e. The van der Waals surface area contributed by atoms with Gasteiger partial charge in [-0.15, -0.1) is 0 Å². The minimum atomic E-state index is 0.127. The number of rotatable bonds is 3. The molecular formula is C16H28N4O. The molecule has 5 heteroatoms. The van der Waals surface area contributed by atoms with E-state index < -0.39 is 0 Å². The summed E-state index contributed by atoms with van der Waals surface area (Å²) in [5.74, 6) is 1.07. The van der Waals surface area contributed by atoms with E-state index in [9.17, 15) is 0 Å². The SMILES string of the molecule is CCN1CCC(N2CCOC(c3nc(C)cn3C)C2)CC1.